The first-order valence-corrected chi connectivity index (χ1v) is 7.84. The number of carboxylic acids is 1. The van der Waals surface area contributed by atoms with Gasteiger partial charge in [-0.2, -0.15) is 0 Å². The smallest absolute Gasteiger partial charge is 0.326 e. The van der Waals surface area contributed by atoms with Crippen LogP contribution in [-0.2, 0) is 15.6 Å². The van der Waals surface area contributed by atoms with Gasteiger partial charge in [-0.15, -0.1) is 0 Å². The van der Waals surface area contributed by atoms with Crippen molar-refractivity contribution in [2.75, 3.05) is 5.75 Å². The molecule has 0 radical (unpaired) electrons. The highest BCUT2D eigenvalue weighted by Gasteiger charge is 2.22. The summed E-state index contributed by atoms with van der Waals surface area (Å²) in [6, 6.07) is 5.64. The lowest BCUT2D eigenvalue weighted by atomic mass is 10.1. The van der Waals surface area contributed by atoms with Crippen LogP contribution in [0.15, 0.2) is 29.2 Å². The summed E-state index contributed by atoms with van der Waals surface area (Å²) in [4.78, 5) is 23.7. The molecule has 0 bridgehead atoms. The van der Waals surface area contributed by atoms with E-state index in [0.29, 0.717) is 23.5 Å². The molecular weight excluding hydrogens is 278 g/mol. The van der Waals surface area contributed by atoms with Crippen LogP contribution in [0.4, 0.5) is 0 Å². The van der Waals surface area contributed by atoms with Crippen molar-refractivity contribution in [2.24, 2.45) is 0 Å². The lowest BCUT2D eigenvalue weighted by Gasteiger charge is -2.15. The predicted molar refractivity (Wildman–Crippen MR) is 77.2 cm³/mol. The van der Waals surface area contributed by atoms with Gasteiger partial charge in [0.05, 0.1) is 21.3 Å². The third kappa shape index (κ3) is 4.16. The highest BCUT2D eigenvalue weighted by atomic mass is 32.2. The molecule has 0 aliphatic rings. The molecule has 1 amide bonds. The van der Waals surface area contributed by atoms with Crippen molar-refractivity contribution < 1.29 is 18.9 Å². The third-order valence-electron chi connectivity index (χ3n) is 2.82. The van der Waals surface area contributed by atoms with E-state index in [9.17, 15) is 13.8 Å². The van der Waals surface area contributed by atoms with Crippen LogP contribution in [-0.4, -0.2) is 33.0 Å². The van der Waals surface area contributed by atoms with Crippen LogP contribution in [0.2, 0.25) is 0 Å². The van der Waals surface area contributed by atoms with Crippen molar-refractivity contribution >= 4 is 22.7 Å². The second-order valence-electron chi connectivity index (χ2n) is 4.28. The fourth-order valence-electron chi connectivity index (χ4n) is 1.79. The van der Waals surface area contributed by atoms with E-state index < -0.39 is 28.7 Å². The molecule has 0 saturated carbocycles. The lowest BCUT2D eigenvalue weighted by molar-refractivity contribution is -0.139. The minimum absolute atomic E-state index is 0.273. The molecule has 1 aromatic carbocycles. The van der Waals surface area contributed by atoms with Crippen LogP contribution in [0.5, 0.6) is 0 Å². The van der Waals surface area contributed by atoms with Crippen molar-refractivity contribution in [1.82, 2.24) is 5.32 Å². The number of benzene rings is 1. The molecule has 0 fully saturated rings. The summed E-state index contributed by atoms with van der Waals surface area (Å²) in [6.07, 6.45) is 1.01. The van der Waals surface area contributed by atoms with Gasteiger partial charge in [0.2, 0.25) is 0 Å². The first-order chi connectivity index (χ1) is 9.51. The van der Waals surface area contributed by atoms with Crippen LogP contribution in [0.3, 0.4) is 0 Å². The molecule has 110 valence electrons. The Balaban J connectivity index is 2.97. The van der Waals surface area contributed by atoms with Gasteiger partial charge in [-0.1, -0.05) is 32.4 Å². The van der Waals surface area contributed by atoms with Gasteiger partial charge in [0.1, 0.15) is 6.04 Å². The standard InChI is InChI=1S/C14H19NO4S/c1-3-7-11(14(17)18)15-13(16)10-8-5-6-9-12(10)20(19)4-2/h5-6,8-9,11H,3-4,7H2,1-2H3,(H,15,16)(H,17,18). The maximum absolute atomic E-state index is 12.2. The fraction of sp³-hybridized carbons (Fsp3) is 0.429. The Bertz CT molecular complexity index is 516. The molecule has 6 heteroatoms. The summed E-state index contributed by atoms with van der Waals surface area (Å²) in [5, 5.41) is 11.5. The maximum atomic E-state index is 12.2. The molecule has 0 spiro atoms. The molecule has 2 N–H and O–H groups in total. The Hall–Kier alpha value is -1.69. The average molecular weight is 297 g/mol. The largest absolute Gasteiger partial charge is 0.480 e. The normalized spacial score (nSPS) is 13.5. The van der Waals surface area contributed by atoms with E-state index in [0.717, 1.165) is 0 Å². The second-order valence-corrected chi connectivity index (χ2v) is 5.99. The lowest BCUT2D eigenvalue weighted by Crippen LogP contribution is -2.41. The Morgan fingerprint density at radius 3 is 2.50 bits per heavy atom. The van der Waals surface area contributed by atoms with Gasteiger partial charge in [-0.25, -0.2) is 4.79 Å². The van der Waals surface area contributed by atoms with E-state index in [2.05, 4.69) is 5.32 Å². The van der Waals surface area contributed by atoms with Crippen molar-refractivity contribution in [3.05, 3.63) is 29.8 Å². The van der Waals surface area contributed by atoms with Crippen LogP contribution >= 0.6 is 0 Å². The molecule has 2 atom stereocenters. The number of amides is 1. The van der Waals surface area contributed by atoms with Gasteiger partial charge in [-0.05, 0) is 18.6 Å². The van der Waals surface area contributed by atoms with Crippen molar-refractivity contribution in [3.8, 4) is 0 Å². The zero-order valence-electron chi connectivity index (χ0n) is 11.6. The number of hydrogen-bond acceptors (Lipinski definition) is 3. The van der Waals surface area contributed by atoms with Crippen LogP contribution in [0, 0.1) is 0 Å². The number of nitrogens with one attached hydrogen (secondary N) is 1. The minimum atomic E-state index is -1.26. The number of rotatable bonds is 7. The Morgan fingerprint density at radius 2 is 1.95 bits per heavy atom. The van der Waals surface area contributed by atoms with Crippen molar-refractivity contribution in [1.29, 1.82) is 0 Å². The molecule has 20 heavy (non-hydrogen) atoms. The van der Waals surface area contributed by atoms with Gasteiger partial charge >= 0.3 is 5.97 Å². The average Bonchev–Trinajstić information content (AvgIpc) is 2.45. The zero-order valence-corrected chi connectivity index (χ0v) is 12.4. The molecule has 5 nitrogen and oxygen atoms in total. The van der Waals surface area contributed by atoms with Crippen LogP contribution in [0.1, 0.15) is 37.0 Å². The van der Waals surface area contributed by atoms with Gasteiger partial charge in [0.15, 0.2) is 0 Å². The van der Waals surface area contributed by atoms with Crippen molar-refractivity contribution in [3.63, 3.8) is 0 Å². The number of aliphatic carboxylic acids is 1. The number of carbonyl (C=O) groups is 2. The summed E-state index contributed by atoms with van der Waals surface area (Å²) < 4.78 is 11.9. The quantitative estimate of drug-likeness (QED) is 0.804. The summed E-state index contributed by atoms with van der Waals surface area (Å²) in [5.74, 6) is -1.15. The van der Waals surface area contributed by atoms with Crippen LogP contribution in [0.25, 0.3) is 0 Å². The molecule has 0 heterocycles. The Labute approximate surface area is 120 Å². The van der Waals surface area contributed by atoms with E-state index in [4.69, 9.17) is 5.11 Å². The fourth-order valence-corrected chi connectivity index (χ4v) is 2.74. The van der Waals surface area contributed by atoms with Crippen LogP contribution < -0.4 is 5.32 Å². The van der Waals surface area contributed by atoms with E-state index in [1.807, 2.05) is 6.92 Å². The first kappa shape index (κ1) is 16.4. The van der Waals surface area contributed by atoms with E-state index >= 15 is 0 Å². The first-order valence-electron chi connectivity index (χ1n) is 6.52. The summed E-state index contributed by atoms with van der Waals surface area (Å²) >= 11 is 0. The van der Waals surface area contributed by atoms with E-state index in [-0.39, 0.29) is 5.56 Å². The van der Waals surface area contributed by atoms with Gasteiger partial charge in [0.25, 0.3) is 5.91 Å². The van der Waals surface area contributed by atoms with Gasteiger partial charge in [0, 0.05) is 5.75 Å². The second kappa shape index (κ2) is 7.79. The van der Waals surface area contributed by atoms with E-state index in [1.165, 1.54) is 0 Å². The Morgan fingerprint density at radius 1 is 1.30 bits per heavy atom. The van der Waals surface area contributed by atoms with Gasteiger partial charge < -0.3 is 10.4 Å². The molecule has 1 aromatic rings. The zero-order chi connectivity index (χ0) is 15.1. The molecule has 0 aliphatic carbocycles. The maximum Gasteiger partial charge on any atom is 0.326 e. The number of hydrogen-bond donors (Lipinski definition) is 2. The molecule has 0 saturated heterocycles. The highest BCUT2D eigenvalue weighted by Crippen LogP contribution is 2.14. The summed E-state index contributed by atoms with van der Waals surface area (Å²) in [5.41, 5.74) is 0.273. The summed E-state index contributed by atoms with van der Waals surface area (Å²) in [7, 11) is -1.26. The monoisotopic (exact) mass is 297 g/mol. The summed E-state index contributed by atoms with van der Waals surface area (Å²) in [6.45, 7) is 3.62. The number of carboxylic acid groups (broad SMARTS) is 1. The molecule has 0 aliphatic heterocycles. The molecule has 1 rings (SSSR count). The molecule has 0 aromatic heterocycles. The molecule has 2 unspecified atom stereocenters. The molecular formula is C14H19NO4S. The SMILES string of the molecule is CCCC(NC(=O)c1ccccc1S(=O)CC)C(=O)O. The van der Waals surface area contributed by atoms with Crippen molar-refractivity contribution in [2.45, 2.75) is 37.6 Å². The Kier molecular flexibility index (Phi) is 6.38. The van der Waals surface area contributed by atoms with Gasteiger partial charge in [-0.3, -0.25) is 9.00 Å². The highest BCUT2D eigenvalue weighted by molar-refractivity contribution is 7.85. The topological polar surface area (TPSA) is 83.5 Å². The minimum Gasteiger partial charge on any atom is -0.480 e. The van der Waals surface area contributed by atoms with E-state index in [1.54, 1.807) is 31.2 Å². The third-order valence-corrected chi connectivity index (χ3v) is 4.19. The number of carbonyl (C=O) groups excluding carboxylic acids is 1. The predicted octanol–water partition coefficient (Wildman–Crippen LogP) is 1.80.